The molecule has 0 radical (unpaired) electrons. The van der Waals surface area contributed by atoms with Crippen LogP contribution in [0.15, 0.2) is 36.5 Å². The standard InChI is InChI=1S/C15H14N4OS/c1-9-6-7-17-15(13(9)14(16)21)19-8-12(20)18-10-4-2-3-5-11(10)19/h2-7H,8H2,1H3,(H2,16,21)(H,18,20). The fraction of sp³-hybridized carbons (Fsp3) is 0.133. The molecule has 2 heterocycles. The summed E-state index contributed by atoms with van der Waals surface area (Å²) in [7, 11) is 0. The summed E-state index contributed by atoms with van der Waals surface area (Å²) < 4.78 is 0. The Labute approximate surface area is 127 Å². The number of aryl methyl sites for hydroxylation is 1. The van der Waals surface area contributed by atoms with Gasteiger partial charge in [0.1, 0.15) is 17.4 Å². The molecule has 0 aliphatic carbocycles. The van der Waals surface area contributed by atoms with E-state index in [0.29, 0.717) is 11.4 Å². The summed E-state index contributed by atoms with van der Waals surface area (Å²) in [5.41, 5.74) is 9.12. The van der Waals surface area contributed by atoms with E-state index >= 15 is 0 Å². The number of fused-ring (bicyclic) bond motifs is 1. The van der Waals surface area contributed by atoms with Crippen LogP contribution in [0, 0.1) is 6.92 Å². The summed E-state index contributed by atoms with van der Waals surface area (Å²) in [4.78, 5) is 18.4. The van der Waals surface area contributed by atoms with Crippen LogP contribution in [0.1, 0.15) is 11.1 Å². The van der Waals surface area contributed by atoms with Gasteiger partial charge in [-0.1, -0.05) is 24.4 Å². The highest BCUT2D eigenvalue weighted by molar-refractivity contribution is 7.80. The molecule has 0 bridgehead atoms. The average Bonchev–Trinajstić information content (AvgIpc) is 2.45. The topological polar surface area (TPSA) is 71.2 Å². The molecule has 21 heavy (non-hydrogen) atoms. The fourth-order valence-corrected chi connectivity index (χ4v) is 2.73. The van der Waals surface area contributed by atoms with Gasteiger partial charge in [-0.05, 0) is 30.7 Å². The largest absolute Gasteiger partial charge is 0.389 e. The van der Waals surface area contributed by atoms with Crippen molar-refractivity contribution in [2.75, 3.05) is 16.8 Å². The molecule has 1 aromatic heterocycles. The molecule has 0 atom stereocenters. The number of carbonyl (C=O) groups is 1. The molecule has 3 N–H and O–H groups in total. The van der Waals surface area contributed by atoms with Crippen molar-refractivity contribution in [1.82, 2.24) is 4.98 Å². The van der Waals surface area contributed by atoms with Gasteiger partial charge in [0.2, 0.25) is 5.91 Å². The number of hydrogen-bond donors (Lipinski definition) is 2. The third kappa shape index (κ3) is 2.34. The molecule has 6 heteroatoms. The monoisotopic (exact) mass is 298 g/mol. The van der Waals surface area contributed by atoms with Crippen molar-refractivity contribution in [2.24, 2.45) is 5.73 Å². The molecule has 0 spiro atoms. The molecule has 1 aliphatic rings. The van der Waals surface area contributed by atoms with Crippen LogP contribution >= 0.6 is 12.2 Å². The summed E-state index contributed by atoms with van der Waals surface area (Å²) in [5, 5.41) is 2.85. The molecule has 0 unspecified atom stereocenters. The van der Waals surface area contributed by atoms with Crippen LogP contribution in [0.2, 0.25) is 0 Å². The van der Waals surface area contributed by atoms with Crippen molar-refractivity contribution in [3.8, 4) is 0 Å². The molecule has 1 aromatic carbocycles. The molecule has 3 rings (SSSR count). The number of benzene rings is 1. The third-order valence-corrected chi connectivity index (χ3v) is 3.62. The zero-order valence-electron chi connectivity index (χ0n) is 11.5. The maximum atomic E-state index is 11.9. The number of para-hydroxylation sites is 2. The molecule has 0 saturated carbocycles. The highest BCUT2D eigenvalue weighted by Crippen LogP contribution is 2.35. The van der Waals surface area contributed by atoms with E-state index in [0.717, 1.165) is 16.9 Å². The molecule has 106 valence electrons. The van der Waals surface area contributed by atoms with Gasteiger partial charge in [0.05, 0.1) is 16.9 Å². The van der Waals surface area contributed by atoms with Crippen LogP contribution < -0.4 is 16.0 Å². The van der Waals surface area contributed by atoms with Gasteiger partial charge in [0.15, 0.2) is 0 Å². The first-order valence-electron chi connectivity index (χ1n) is 6.50. The van der Waals surface area contributed by atoms with Crippen LogP contribution in [-0.4, -0.2) is 22.4 Å². The first-order chi connectivity index (χ1) is 10.1. The summed E-state index contributed by atoms with van der Waals surface area (Å²) >= 11 is 5.15. The SMILES string of the molecule is Cc1ccnc(N2CC(=O)Nc3ccccc32)c1C(N)=S. The molecule has 1 aliphatic heterocycles. The molecule has 5 nitrogen and oxygen atoms in total. The van der Waals surface area contributed by atoms with Gasteiger partial charge in [0.25, 0.3) is 0 Å². The van der Waals surface area contributed by atoms with Crippen molar-refractivity contribution in [2.45, 2.75) is 6.92 Å². The fourth-order valence-electron chi connectivity index (χ4n) is 2.48. The maximum Gasteiger partial charge on any atom is 0.244 e. The second kappa shape index (κ2) is 5.14. The van der Waals surface area contributed by atoms with E-state index < -0.39 is 0 Å². The number of amides is 1. The van der Waals surface area contributed by atoms with Crippen molar-refractivity contribution in [3.05, 3.63) is 47.7 Å². The lowest BCUT2D eigenvalue weighted by Crippen LogP contribution is -2.36. The van der Waals surface area contributed by atoms with Crippen molar-refractivity contribution < 1.29 is 4.79 Å². The van der Waals surface area contributed by atoms with E-state index in [9.17, 15) is 4.79 Å². The normalized spacial score (nSPS) is 13.6. The first kappa shape index (κ1) is 13.5. The summed E-state index contributed by atoms with van der Waals surface area (Å²) in [6, 6.07) is 9.44. The molecule has 2 aromatic rings. The number of carbonyl (C=O) groups excluding carboxylic acids is 1. The van der Waals surface area contributed by atoms with Gasteiger partial charge < -0.3 is 16.0 Å². The lowest BCUT2D eigenvalue weighted by molar-refractivity contribution is -0.115. The lowest BCUT2D eigenvalue weighted by atomic mass is 10.1. The smallest absolute Gasteiger partial charge is 0.244 e. The number of thiocarbonyl (C=S) groups is 1. The second-order valence-corrected chi connectivity index (χ2v) is 5.28. The molecule has 1 amide bonds. The minimum atomic E-state index is -0.0918. The second-order valence-electron chi connectivity index (χ2n) is 4.84. The molecule has 0 saturated heterocycles. The van der Waals surface area contributed by atoms with Gasteiger partial charge >= 0.3 is 0 Å². The summed E-state index contributed by atoms with van der Waals surface area (Å²) in [6.45, 7) is 2.11. The first-order valence-corrected chi connectivity index (χ1v) is 6.90. The minimum Gasteiger partial charge on any atom is -0.389 e. The van der Waals surface area contributed by atoms with E-state index in [4.69, 9.17) is 18.0 Å². The Bertz CT molecular complexity index is 744. The number of rotatable bonds is 2. The maximum absolute atomic E-state index is 11.9. The van der Waals surface area contributed by atoms with Crippen LogP contribution in [0.5, 0.6) is 0 Å². The predicted octanol–water partition coefficient (Wildman–Crippen LogP) is 2.11. The Kier molecular flexibility index (Phi) is 3.31. The highest BCUT2D eigenvalue weighted by Gasteiger charge is 2.26. The zero-order chi connectivity index (χ0) is 15.0. The van der Waals surface area contributed by atoms with E-state index in [1.807, 2.05) is 42.2 Å². The van der Waals surface area contributed by atoms with Crippen molar-refractivity contribution >= 4 is 40.3 Å². The van der Waals surface area contributed by atoms with E-state index in [1.165, 1.54) is 0 Å². The van der Waals surface area contributed by atoms with E-state index in [1.54, 1.807) is 6.20 Å². The van der Waals surface area contributed by atoms with Crippen LogP contribution in [0.3, 0.4) is 0 Å². The Morgan fingerprint density at radius 2 is 2.14 bits per heavy atom. The molecular weight excluding hydrogens is 284 g/mol. The van der Waals surface area contributed by atoms with E-state index in [2.05, 4.69) is 10.3 Å². The number of aromatic nitrogens is 1. The van der Waals surface area contributed by atoms with Crippen LogP contribution in [0.25, 0.3) is 0 Å². The predicted molar refractivity (Wildman–Crippen MR) is 86.9 cm³/mol. The zero-order valence-corrected chi connectivity index (χ0v) is 12.3. The Hall–Kier alpha value is -2.47. The minimum absolute atomic E-state index is 0.0918. The quantitative estimate of drug-likeness (QED) is 0.831. The Morgan fingerprint density at radius 1 is 1.38 bits per heavy atom. The third-order valence-electron chi connectivity index (χ3n) is 3.41. The highest BCUT2D eigenvalue weighted by atomic mass is 32.1. The number of anilines is 3. The van der Waals surface area contributed by atoms with Gasteiger partial charge in [-0.3, -0.25) is 4.79 Å². The molecular formula is C15H14N4OS. The number of hydrogen-bond acceptors (Lipinski definition) is 4. The van der Waals surface area contributed by atoms with Crippen molar-refractivity contribution in [3.63, 3.8) is 0 Å². The van der Waals surface area contributed by atoms with E-state index in [-0.39, 0.29) is 17.4 Å². The summed E-state index contributed by atoms with van der Waals surface area (Å²) in [5.74, 6) is 0.524. The summed E-state index contributed by atoms with van der Waals surface area (Å²) in [6.07, 6.45) is 1.70. The number of nitrogens with one attached hydrogen (secondary N) is 1. The van der Waals surface area contributed by atoms with Gasteiger partial charge in [-0.15, -0.1) is 0 Å². The number of pyridine rings is 1. The lowest BCUT2D eigenvalue weighted by Gasteiger charge is -2.31. The van der Waals surface area contributed by atoms with Crippen LogP contribution in [0.4, 0.5) is 17.2 Å². The average molecular weight is 298 g/mol. The van der Waals surface area contributed by atoms with Gasteiger partial charge in [-0.2, -0.15) is 0 Å². The molecule has 0 fully saturated rings. The van der Waals surface area contributed by atoms with Gasteiger partial charge in [-0.25, -0.2) is 4.98 Å². The van der Waals surface area contributed by atoms with Gasteiger partial charge in [0, 0.05) is 6.20 Å². The number of nitrogens with two attached hydrogens (primary N) is 1. The van der Waals surface area contributed by atoms with Crippen LogP contribution in [-0.2, 0) is 4.79 Å². The Morgan fingerprint density at radius 3 is 2.90 bits per heavy atom. The Balaban J connectivity index is 2.20. The number of nitrogens with zero attached hydrogens (tertiary/aromatic N) is 2. The van der Waals surface area contributed by atoms with Crippen molar-refractivity contribution in [1.29, 1.82) is 0 Å².